The molecule has 0 saturated heterocycles. The third-order valence-electron chi connectivity index (χ3n) is 2.92. The average Bonchev–Trinajstić information content (AvgIpc) is 2.63. The number of rotatable bonds is 2. The van der Waals surface area contributed by atoms with E-state index in [1.54, 1.807) is 6.20 Å². The van der Waals surface area contributed by atoms with E-state index in [0.29, 0.717) is 0 Å². The highest BCUT2D eigenvalue weighted by Gasteiger charge is 2.13. The standard InChI is InChI=1S/C16H13N3O/c20-16-11-13(9-8-12-5-3-4-10-17-12)18-14-6-1-2-7-15(14)19-16/h1-10H,11H2,(H,19,20). The van der Waals surface area contributed by atoms with E-state index < -0.39 is 0 Å². The molecule has 1 aromatic heterocycles. The maximum absolute atomic E-state index is 11.8. The first kappa shape index (κ1) is 12.3. The number of carbonyl (C=O) groups excluding carboxylic acids is 1. The Labute approximate surface area is 116 Å². The Morgan fingerprint density at radius 3 is 2.75 bits per heavy atom. The fourth-order valence-corrected chi connectivity index (χ4v) is 1.98. The molecule has 1 amide bonds. The molecule has 0 unspecified atom stereocenters. The Hall–Kier alpha value is -2.75. The molecule has 1 aliphatic heterocycles. The molecule has 2 heterocycles. The van der Waals surface area contributed by atoms with Crippen molar-refractivity contribution in [1.82, 2.24) is 4.98 Å². The Bertz CT molecular complexity index is 690. The number of amides is 1. The Kier molecular flexibility index (Phi) is 3.37. The van der Waals surface area contributed by atoms with Crippen molar-refractivity contribution in [3.63, 3.8) is 0 Å². The summed E-state index contributed by atoms with van der Waals surface area (Å²) in [7, 11) is 0. The second kappa shape index (κ2) is 5.48. The van der Waals surface area contributed by atoms with Gasteiger partial charge in [-0.2, -0.15) is 0 Å². The third kappa shape index (κ3) is 2.80. The van der Waals surface area contributed by atoms with Gasteiger partial charge in [0.2, 0.25) is 5.91 Å². The first-order valence-corrected chi connectivity index (χ1v) is 6.37. The molecule has 4 heteroatoms. The highest BCUT2D eigenvalue weighted by Crippen LogP contribution is 2.27. The largest absolute Gasteiger partial charge is 0.324 e. The molecule has 1 aromatic carbocycles. The fourth-order valence-electron chi connectivity index (χ4n) is 1.98. The van der Waals surface area contributed by atoms with Crippen LogP contribution in [0.1, 0.15) is 12.1 Å². The van der Waals surface area contributed by atoms with Gasteiger partial charge in [0, 0.05) is 6.20 Å². The predicted octanol–water partition coefficient (Wildman–Crippen LogP) is 3.21. The number of anilines is 1. The number of allylic oxidation sites excluding steroid dienone is 1. The van der Waals surface area contributed by atoms with E-state index in [9.17, 15) is 4.79 Å². The van der Waals surface area contributed by atoms with Gasteiger partial charge < -0.3 is 5.32 Å². The lowest BCUT2D eigenvalue weighted by Crippen LogP contribution is -2.13. The molecular formula is C16H13N3O. The highest BCUT2D eigenvalue weighted by atomic mass is 16.1. The number of hydrogen-bond donors (Lipinski definition) is 1. The fraction of sp³-hybridized carbons (Fsp3) is 0.0625. The van der Waals surface area contributed by atoms with Crippen LogP contribution in [0, 0.1) is 0 Å². The molecule has 0 saturated carbocycles. The number of nitrogens with zero attached hydrogens (tertiary/aromatic N) is 2. The van der Waals surface area contributed by atoms with E-state index in [0.717, 1.165) is 22.8 Å². The van der Waals surface area contributed by atoms with E-state index in [2.05, 4.69) is 15.3 Å². The van der Waals surface area contributed by atoms with Crippen molar-refractivity contribution in [2.24, 2.45) is 4.99 Å². The van der Waals surface area contributed by atoms with Crippen molar-refractivity contribution in [3.05, 3.63) is 60.4 Å². The Balaban J connectivity index is 1.91. The minimum atomic E-state index is -0.0561. The van der Waals surface area contributed by atoms with Gasteiger partial charge in [0.1, 0.15) is 0 Å². The topological polar surface area (TPSA) is 54.4 Å². The molecule has 0 aliphatic carbocycles. The smallest absolute Gasteiger partial charge is 0.230 e. The molecule has 1 aliphatic rings. The SMILES string of the molecule is O=C1CC(C=Cc2ccccn2)=Nc2ccccc2N1. The van der Waals surface area contributed by atoms with Gasteiger partial charge in [-0.05, 0) is 36.4 Å². The monoisotopic (exact) mass is 263 g/mol. The van der Waals surface area contributed by atoms with Crippen LogP contribution < -0.4 is 5.32 Å². The van der Waals surface area contributed by atoms with Crippen molar-refractivity contribution in [2.45, 2.75) is 6.42 Å². The summed E-state index contributed by atoms with van der Waals surface area (Å²) in [6.07, 6.45) is 5.69. The summed E-state index contributed by atoms with van der Waals surface area (Å²) >= 11 is 0. The average molecular weight is 263 g/mol. The van der Waals surface area contributed by atoms with E-state index in [-0.39, 0.29) is 12.3 Å². The van der Waals surface area contributed by atoms with Gasteiger partial charge in [0.25, 0.3) is 0 Å². The van der Waals surface area contributed by atoms with Crippen LogP contribution in [0.25, 0.3) is 6.08 Å². The van der Waals surface area contributed by atoms with Crippen LogP contribution >= 0.6 is 0 Å². The summed E-state index contributed by atoms with van der Waals surface area (Å²) in [5, 5.41) is 2.85. The van der Waals surface area contributed by atoms with Crippen LogP contribution in [0.2, 0.25) is 0 Å². The summed E-state index contributed by atoms with van der Waals surface area (Å²) in [6.45, 7) is 0. The van der Waals surface area contributed by atoms with Gasteiger partial charge in [-0.15, -0.1) is 0 Å². The molecule has 0 radical (unpaired) electrons. The van der Waals surface area contributed by atoms with E-state index in [4.69, 9.17) is 0 Å². The summed E-state index contributed by atoms with van der Waals surface area (Å²) in [5.74, 6) is -0.0561. The minimum Gasteiger partial charge on any atom is -0.324 e. The quantitative estimate of drug-likeness (QED) is 0.904. The molecular weight excluding hydrogens is 250 g/mol. The zero-order chi connectivity index (χ0) is 13.8. The lowest BCUT2D eigenvalue weighted by Gasteiger charge is -2.02. The van der Waals surface area contributed by atoms with Crippen molar-refractivity contribution in [2.75, 3.05) is 5.32 Å². The van der Waals surface area contributed by atoms with Crippen LogP contribution in [0.15, 0.2) is 59.7 Å². The molecule has 98 valence electrons. The van der Waals surface area contributed by atoms with Crippen molar-refractivity contribution in [1.29, 1.82) is 0 Å². The van der Waals surface area contributed by atoms with Crippen LogP contribution in [0.4, 0.5) is 11.4 Å². The predicted molar refractivity (Wildman–Crippen MR) is 80.1 cm³/mol. The molecule has 0 spiro atoms. The lowest BCUT2D eigenvalue weighted by molar-refractivity contribution is -0.115. The van der Waals surface area contributed by atoms with Gasteiger partial charge in [-0.3, -0.25) is 14.8 Å². The molecule has 0 atom stereocenters. The zero-order valence-electron chi connectivity index (χ0n) is 10.8. The number of hydrogen-bond acceptors (Lipinski definition) is 3. The lowest BCUT2D eigenvalue weighted by atomic mass is 10.2. The Morgan fingerprint density at radius 2 is 1.90 bits per heavy atom. The van der Waals surface area contributed by atoms with Crippen LogP contribution in [0.5, 0.6) is 0 Å². The number of fused-ring (bicyclic) bond motifs is 1. The number of para-hydroxylation sites is 2. The minimum absolute atomic E-state index is 0.0561. The maximum atomic E-state index is 11.8. The van der Waals surface area contributed by atoms with Crippen molar-refractivity contribution >= 4 is 29.1 Å². The van der Waals surface area contributed by atoms with Crippen LogP contribution in [-0.4, -0.2) is 16.6 Å². The number of carbonyl (C=O) groups is 1. The second-order valence-corrected chi connectivity index (χ2v) is 4.43. The number of nitrogens with one attached hydrogen (secondary N) is 1. The maximum Gasteiger partial charge on any atom is 0.230 e. The van der Waals surface area contributed by atoms with Gasteiger partial charge in [-0.25, -0.2) is 0 Å². The molecule has 4 nitrogen and oxygen atoms in total. The summed E-state index contributed by atoms with van der Waals surface area (Å²) in [5.41, 5.74) is 3.09. The van der Waals surface area contributed by atoms with E-state index in [1.165, 1.54) is 0 Å². The van der Waals surface area contributed by atoms with Gasteiger partial charge >= 0.3 is 0 Å². The Morgan fingerprint density at radius 1 is 1.05 bits per heavy atom. The van der Waals surface area contributed by atoms with E-state index in [1.807, 2.05) is 54.6 Å². The molecule has 0 bridgehead atoms. The molecule has 20 heavy (non-hydrogen) atoms. The molecule has 2 aromatic rings. The summed E-state index contributed by atoms with van der Waals surface area (Å²) < 4.78 is 0. The number of aliphatic imine (C=N–C) groups is 1. The van der Waals surface area contributed by atoms with Gasteiger partial charge in [-0.1, -0.05) is 18.2 Å². The van der Waals surface area contributed by atoms with Crippen molar-refractivity contribution < 1.29 is 4.79 Å². The normalized spacial score (nSPS) is 14.4. The molecule has 0 fully saturated rings. The number of benzene rings is 1. The first-order chi connectivity index (χ1) is 9.81. The van der Waals surface area contributed by atoms with Gasteiger partial charge in [0.05, 0.1) is 29.2 Å². The van der Waals surface area contributed by atoms with Gasteiger partial charge in [0.15, 0.2) is 0 Å². The van der Waals surface area contributed by atoms with E-state index >= 15 is 0 Å². The number of pyridine rings is 1. The van der Waals surface area contributed by atoms with Crippen molar-refractivity contribution in [3.8, 4) is 0 Å². The molecule has 3 rings (SSSR count). The highest BCUT2D eigenvalue weighted by molar-refractivity contribution is 6.15. The van der Waals surface area contributed by atoms with Crippen LogP contribution in [-0.2, 0) is 4.79 Å². The first-order valence-electron chi connectivity index (χ1n) is 6.37. The number of aromatic nitrogens is 1. The van der Waals surface area contributed by atoms with Crippen LogP contribution in [0.3, 0.4) is 0 Å². The summed E-state index contributed by atoms with van der Waals surface area (Å²) in [6, 6.07) is 13.2. The third-order valence-corrected chi connectivity index (χ3v) is 2.92. The zero-order valence-corrected chi connectivity index (χ0v) is 10.8. The second-order valence-electron chi connectivity index (χ2n) is 4.43. The summed E-state index contributed by atoms with van der Waals surface area (Å²) in [4.78, 5) is 20.6. The molecule has 1 N–H and O–H groups in total.